The van der Waals surface area contributed by atoms with Crippen molar-refractivity contribution in [1.29, 1.82) is 0 Å². The first kappa shape index (κ1) is 21.8. The molecule has 0 radical (unpaired) electrons. The van der Waals surface area contributed by atoms with Crippen LogP contribution in [0.4, 0.5) is 13.2 Å². The monoisotopic (exact) mass is 414 g/mol. The second-order valence-electron chi connectivity index (χ2n) is 7.03. The fraction of sp³-hybridized carbons (Fsp3) is 0.280. The summed E-state index contributed by atoms with van der Waals surface area (Å²) in [6.07, 6.45) is 4.69. The van der Waals surface area contributed by atoms with Gasteiger partial charge < -0.3 is 9.47 Å². The van der Waals surface area contributed by atoms with Crippen LogP contribution in [-0.4, -0.2) is 13.2 Å². The van der Waals surface area contributed by atoms with Crippen molar-refractivity contribution >= 4 is 0 Å². The van der Waals surface area contributed by atoms with E-state index in [9.17, 15) is 13.2 Å². The number of benzene rings is 3. The molecule has 3 aromatic rings. The summed E-state index contributed by atoms with van der Waals surface area (Å²) in [6, 6.07) is 19.5. The van der Waals surface area contributed by atoms with Crippen molar-refractivity contribution in [3.05, 3.63) is 72.5 Å². The summed E-state index contributed by atoms with van der Waals surface area (Å²) in [5, 5.41) is 0. The molecule has 0 amide bonds. The highest BCUT2D eigenvalue weighted by atomic mass is 19.3. The zero-order valence-electron chi connectivity index (χ0n) is 16.9. The summed E-state index contributed by atoms with van der Waals surface area (Å²) < 4.78 is 48.4. The summed E-state index contributed by atoms with van der Waals surface area (Å²) in [5.41, 5.74) is 3.44. The van der Waals surface area contributed by atoms with Gasteiger partial charge in [0.1, 0.15) is 5.75 Å². The third-order valence-electron chi connectivity index (χ3n) is 4.82. The third-order valence-corrected chi connectivity index (χ3v) is 4.82. The molecule has 5 heteroatoms. The predicted molar refractivity (Wildman–Crippen MR) is 114 cm³/mol. The van der Waals surface area contributed by atoms with Gasteiger partial charge in [0.15, 0.2) is 11.6 Å². The maximum Gasteiger partial charge on any atom is 0.387 e. The minimum Gasteiger partial charge on any atom is -0.494 e. The Labute approximate surface area is 175 Å². The van der Waals surface area contributed by atoms with Crippen LogP contribution < -0.4 is 9.47 Å². The predicted octanol–water partition coefficient (Wildman–Crippen LogP) is 7.72. The molecule has 3 rings (SSSR count). The Hall–Kier alpha value is -2.95. The van der Waals surface area contributed by atoms with Crippen molar-refractivity contribution in [2.45, 2.75) is 39.2 Å². The molecule has 0 bridgehead atoms. The van der Waals surface area contributed by atoms with Gasteiger partial charge in [-0.1, -0.05) is 68.7 Å². The van der Waals surface area contributed by atoms with Gasteiger partial charge in [0.25, 0.3) is 0 Å². The summed E-state index contributed by atoms with van der Waals surface area (Å²) in [5.74, 6) is -0.423. The van der Waals surface area contributed by atoms with Gasteiger partial charge in [-0.2, -0.15) is 8.78 Å². The minimum atomic E-state index is -3.05. The number of alkyl halides is 2. The fourth-order valence-corrected chi connectivity index (χ4v) is 3.19. The number of hydrogen-bond donors (Lipinski definition) is 0. The highest BCUT2D eigenvalue weighted by molar-refractivity contribution is 5.71. The Morgan fingerprint density at radius 1 is 0.733 bits per heavy atom. The summed E-state index contributed by atoms with van der Waals surface area (Å²) in [7, 11) is 0. The van der Waals surface area contributed by atoms with Gasteiger partial charge in [0, 0.05) is 0 Å². The van der Waals surface area contributed by atoms with E-state index in [0.29, 0.717) is 5.56 Å². The van der Waals surface area contributed by atoms with Crippen LogP contribution in [0.3, 0.4) is 0 Å². The Bertz CT molecular complexity index is 922. The van der Waals surface area contributed by atoms with Gasteiger partial charge in [-0.25, -0.2) is 4.39 Å². The van der Waals surface area contributed by atoms with Gasteiger partial charge in [-0.3, -0.25) is 0 Å². The largest absolute Gasteiger partial charge is 0.494 e. The lowest BCUT2D eigenvalue weighted by molar-refractivity contribution is -0.0521. The molecule has 0 saturated heterocycles. The van der Waals surface area contributed by atoms with E-state index in [0.717, 1.165) is 35.5 Å². The highest BCUT2D eigenvalue weighted by Gasteiger charge is 2.11. The first-order valence-corrected chi connectivity index (χ1v) is 10.1. The summed E-state index contributed by atoms with van der Waals surface area (Å²) in [4.78, 5) is 0. The Morgan fingerprint density at radius 3 is 1.87 bits per heavy atom. The minimum absolute atomic E-state index is 0.460. The van der Waals surface area contributed by atoms with Crippen LogP contribution in [0.15, 0.2) is 66.7 Å². The molecule has 0 fully saturated rings. The smallest absolute Gasteiger partial charge is 0.387 e. The van der Waals surface area contributed by atoms with Crippen molar-refractivity contribution in [3.63, 3.8) is 0 Å². The molecule has 0 unspecified atom stereocenters. The first-order chi connectivity index (χ1) is 14.6. The quantitative estimate of drug-likeness (QED) is 0.316. The van der Waals surface area contributed by atoms with Crippen LogP contribution in [0.5, 0.6) is 11.5 Å². The second kappa shape index (κ2) is 10.7. The standard InChI is InChI=1S/C25H25F3O2/c1-2-3-4-5-16-29-22-13-10-19(11-14-22)18-6-8-20(9-7-18)21-12-15-24(23(26)17-21)30-25(27)28/h6-15,17,25H,2-5,16H2,1H3. The van der Waals surface area contributed by atoms with E-state index >= 15 is 0 Å². The molecule has 0 heterocycles. The lowest BCUT2D eigenvalue weighted by atomic mass is 10.00. The second-order valence-corrected chi connectivity index (χ2v) is 7.03. The maximum absolute atomic E-state index is 14.0. The van der Waals surface area contributed by atoms with Gasteiger partial charge in [0.05, 0.1) is 6.61 Å². The molecule has 0 saturated carbocycles. The van der Waals surface area contributed by atoms with Crippen LogP contribution in [0.25, 0.3) is 22.3 Å². The lowest BCUT2D eigenvalue weighted by Gasteiger charge is -2.09. The topological polar surface area (TPSA) is 18.5 Å². The first-order valence-electron chi connectivity index (χ1n) is 10.1. The van der Waals surface area contributed by atoms with E-state index in [2.05, 4.69) is 11.7 Å². The Balaban J connectivity index is 1.63. The average molecular weight is 414 g/mol. The maximum atomic E-state index is 14.0. The van der Waals surface area contributed by atoms with E-state index < -0.39 is 18.2 Å². The van der Waals surface area contributed by atoms with E-state index in [1.807, 2.05) is 48.5 Å². The molecule has 0 aliphatic heterocycles. The SMILES string of the molecule is CCCCCCOc1ccc(-c2ccc(-c3ccc(OC(F)F)c(F)c3)cc2)cc1. The van der Waals surface area contributed by atoms with Crippen LogP contribution in [0.2, 0.25) is 0 Å². The number of ether oxygens (including phenoxy) is 2. The van der Waals surface area contributed by atoms with Crippen LogP contribution >= 0.6 is 0 Å². The highest BCUT2D eigenvalue weighted by Crippen LogP contribution is 2.29. The molecule has 0 aliphatic carbocycles. The van der Waals surface area contributed by atoms with Crippen LogP contribution in [0, 0.1) is 5.82 Å². The average Bonchev–Trinajstić information content (AvgIpc) is 2.75. The molecule has 0 aromatic heterocycles. The Kier molecular flexibility index (Phi) is 7.77. The van der Waals surface area contributed by atoms with Gasteiger partial charge >= 0.3 is 6.61 Å². The number of hydrogen-bond acceptors (Lipinski definition) is 2. The van der Waals surface area contributed by atoms with E-state index in [-0.39, 0.29) is 0 Å². The van der Waals surface area contributed by atoms with E-state index in [4.69, 9.17) is 4.74 Å². The van der Waals surface area contributed by atoms with Crippen molar-refractivity contribution in [1.82, 2.24) is 0 Å². The van der Waals surface area contributed by atoms with Crippen molar-refractivity contribution in [3.8, 4) is 33.8 Å². The molecule has 158 valence electrons. The zero-order chi connectivity index (χ0) is 21.3. The lowest BCUT2D eigenvalue weighted by Crippen LogP contribution is -2.03. The van der Waals surface area contributed by atoms with Gasteiger partial charge in [-0.15, -0.1) is 0 Å². The van der Waals surface area contributed by atoms with Crippen LogP contribution in [0.1, 0.15) is 32.6 Å². The molecule has 0 atom stereocenters. The summed E-state index contributed by atoms with van der Waals surface area (Å²) in [6.45, 7) is -0.139. The van der Waals surface area contributed by atoms with Crippen molar-refractivity contribution in [2.75, 3.05) is 6.61 Å². The molecular weight excluding hydrogens is 389 g/mol. The normalized spacial score (nSPS) is 11.0. The molecular formula is C25H25F3O2. The van der Waals surface area contributed by atoms with E-state index in [1.165, 1.54) is 31.4 Å². The van der Waals surface area contributed by atoms with Crippen molar-refractivity contribution in [2.24, 2.45) is 0 Å². The molecule has 2 nitrogen and oxygen atoms in total. The van der Waals surface area contributed by atoms with Gasteiger partial charge in [-0.05, 0) is 52.9 Å². The molecule has 30 heavy (non-hydrogen) atoms. The molecule has 0 N–H and O–H groups in total. The molecule has 0 aliphatic rings. The number of halogens is 3. The zero-order valence-corrected chi connectivity index (χ0v) is 16.9. The molecule has 0 spiro atoms. The number of unbranched alkanes of at least 4 members (excludes halogenated alkanes) is 3. The third kappa shape index (κ3) is 6.02. The van der Waals surface area contributed by atoms with Crippen LogP contribution in [-0.2, 0) is 0 Å². The van der Waals surface area contributed by atoms with Crippen molar-refractivity contribution < 1.29 is 22.6 Å². The number of rotatable bonds is 10. The van der Waals surface area contributed by atoms with Gasteiger partial charge in [0.2, 0.25) is 0 Å². The summed E-state index contributed by atoms with van der Waals surface area (Å²) >= 11 is 0. The van der Waals surface area contributed by atoms with E-state index in [1.54, 1.807) is 6.07 Å². The fourth-order valence-electron chi connectivity index (χ4n) is 3.19. The Morgan fingerprint density at radius 2 is 1.30 bits per heavy atom. The molecule has 3 aromatic carbocycles.